The van der Waals surface area contributed by atoms with Gasteiger partial charge in [0, 0.05) is 6.54 Å². The van der Waals surface area contributed by atoms with E-state index in [0.717, 1.165) is 31.7 Å². The van der Waals surface area contributed by atoms with E-state index in [2.05, 4.69) is 33.1 Å². The molecule has 0 aliphatic carbocycles. The van der Waals surface area contributed by atoms with Crippen molar-refractivity contribution in [1.29, 1.82) is 0 Å². The molecular weight excluding hydrogens is 228 g/mol. The van der Waals surface area contributed by atoms with E-state index in [9.17, 15) is 0 Å². The monoisotopic (exact) mass is 246 g/mol. The first-order valence-corrected chi connectivity index (χ1v) is 6.20. The van der Waals surface area contributed by atoms with E-state index in [1.807, 2.05) is 30.3 Å². The highest BCUT2D eigenvalue weighted by Crippen LogP contribution is 2.09. The topological polar surface area (TPSA) is 67.7 Å². The Bertz CT molecular complexity index is 453. The Hall–Kier alpha value is -1.95. The number of benzene rings is 1. The predicted molar refractivity (Wildman–Crippen MR) is 70.8 cm³/mol. The van der Waals surface area contributed by atoms with Crippen molar-refractivity contribution in [3.05, 3.63) is 30.3 Å². The van der Waals surface area contributed by atoms with Crippen LogP contribution in [0.15, 0.2) is 30.3 Å². The Balaban J connectivity index is 1.92. The first-order chi connectivity index (χ1) is 8.92. The van der Waals surface area contributed by atoms with Crippen LogP contribution >= 0.6 is 0 Å². The van der Waals surface area contributed by atoms with Gasteiger partial charge in [-0.25, -0.2) is 0 Å². The fourth-order valence-corrected chi connectivity index (χ4v) is 1.63. The maximum absolute atomic E-state index is 3.98. The molecule has 0 saturated carbocycles. The Morgan fingerprint density at radius 1 is 1.17 bits per heavy atom. The average Bonchev–Trinajstić information content (AvgIpc) is 2.88. The lowest BCUT2D eigenvalue weighted by Gasteiger charge is -2.06. The van der Waals surface area contributed by atoms with E-state index in [4.69, 9.17) is 0 Å². The van der Waals surface area contributed by atoms with Gasteiger partial charge >= 0.3 is 0 Å². The van der Waals surface area contributed by atoms with Crippen molar-refractivity contribution < 1.29 is 0 Å². The molecule has 1 aromatic carbocycles. The summed E-state index contributed by atoms with van der Waals surface area (Å²) in [4.78, 5) is 0. The summed E-state index contributed by atoms with van der Waals surface area (Å²) in [7, 11) is 0. The summed E-state index contributed by atoms with van der Waals surface area (Å²) < 4.78 is 1.70. The summed E-state index contributed by atoms with van der Waals surface area (Å²) in [5, 5.41) is 18.2. The van der Waals surface area contributed by atoms with Gasteiger partial charge in [-0.05, 0) is 42.1 Å². The largest absolute Gasteiger partial charge is 0.353 e. The smallest absolute Gasteiger partial charge is 0.247 e. The zero-order valence-electron chi connectivity index (χ0n) is 10.5. The zero-order valence-corrected chi connectivity index (χ0v) is 10.5. The lowest BCUT2D eigenvalue weighted by molar-refractivity contribution is 0.686. The van der Waals surface area contributed by atoms with Crippen LogP contribution in [0, 0.1) is 0 Å². The number of hydrogen-bond acceptors (Lipinski definition) is 5. The number of aromatic nitrogens is 4. The van der Waals surface area contributed by atoms with Crippen molar-refractivity contribution in [3.8, 4) is 5.69 Å². The van der Waals surface area contributed by atoms with Crippen molar-refractivity contribution in [1.82, 2.24) is 25.5 Å². The molecule has 0 amide bonds. The van der Waals surface area contributed by atoms with Crippen molar-refractivity contribution in [3.63, 3.8) is 0 Å². The molecule has 0 aliphatic heterocycles. The van der Waals surface area contributed by atoms with Gasteiger partial charge in [-0.3, -0.25) is 0 Å². The zero-order chi connectivity index (χ0) is 12.6. The van der Waals surface area contributed by atoms with Gasteiger partial charge in [0.05, 0.1) is 5.69 Å². The Morgan fingerprint density at radius 2 is 2.00 bits per heavy atom. The standard InChI is InChI=1S/C12H18N6/c1-2-13-9-6-10-14-12-15-16-17-18(12)11-7-4-3-5-8-11/h3-5,7-8,13H,2,6,9-10H2,1H3,(H,14,15,17). The molecule has 18 heavy (non-hydrogen) atoms. The van der Waals surface area contributed by atoms with E-state index in [0.29, 0.717) is 5.95 Å². The molecule has 1 heterocycles. The molecule has 0 spiro atoms. The van der Waals surface area contributed by atoms with Crippen molar-refractivity contribution in [2.24, 2.45) is 0 Å². The number of nitrogens with one attached hydrogen (secondary N) is 2. The van der Waals surface area contributed by atoms with Crippen LogP contribution in [0.1, 0.15) is 13.3 Å². The lowest BCUT2D eigenvalue weighted by atomic mass is 10.3. The van der Waals surface area contributed by atoms with Crippen LogP contribution in [0.3, 0.4) is 0 Å². The SMILES string of the molecule is CCNCCCNc1nnnn1-c1ccccc1. The molecule has 0 radical (unpaired) electrons. The van der Waals surface area contributed by atoms with Gasteiger partial charge < -0.3 is 10.6 Å². The number of anilines is 1. The Labute approximate surface area is 106 Å². The number of para-hydroxylation sites is 1. The number of tetrazole rings is 1. The molecule has 6 nitrogen and oxygen atoms in total. The van der Waals surface area contributed by atoms with E-state index < -0.39 is 0 Å². The van der Waals surface area contributed by atoms with Crippen LogP contribution in [0.25, 0.3) is 5.69 Å². The molecule has 0 aliphatic rings. The molecule has 2 rings (SSSR count). The maximum atomic E-state index is 3.98. The second-order valence-electron chi connectivity index (χ2n) is 3.88. The van der Waals surface area contributed by atoms with Gasteiger partial charge in [-0.15, -0.1) is 0 Å². The number of hydrogen-bond donors (Lipinski definition) is 2. The molecule has 0 saturated heterocycles. The summed E-state index contributed by atoms with van der Waals surface area (Å²) >= 11 is 0. The van der Waals surface area contributed by atoms with Gasteiger partial charge in [-0.1, -0.05) is 30.2 Å². The molecule has 96 valence electrons. The molecule has 2 aromatic rings. The minimum absolute atomic E-state index is 0.678. The van der Waals surface area contributed by atoms with Crippen LogP contribution in [0.5, 0.6) is 0 Å². The second-order valence-corrected chi connectivity index (χ2v) is 3.88. The van der Waals surface area contributed by atoms with Crippen LogP contribution in [0.2, 0.25) is 0 Å². The minimum Gasteiger partial charge on any atom is -0.353 e. The third kappa shape index (κ3) is 3.27. The average molecular weight is 246 g/mol. The van der Waals surface area contributed by atoms with E-state index in [1.165, 1.54) is 0 Å². The van der Waals surface area contributed by atoms with Gasteiger partial charge in [0.2, 0.25) is 5.95 Å². The number of rotatable bonds is 7. The summed E-state index contributed by atoms with van der Waals surface area (Å²) in [5.41, 5.74) is 0.955. The molecule has 0 atom stereocenters. The van der Waals surface area contributed by atoms with Crippen LogP contribution < -0.4 is 10.6 Å². The lowest BCUT2D eigenvalue weighted by Crippen LogP contribution is -2.18. The van der Waals surface area contributed by atoms with E-state index in [1.54, 1.807) is 4.68 Å². The van der Waals surface area contributed by atoms with Crippen LogP contribution in [0.4, 0.5) is 5.95 Å². The third-order valence-corrected chi connectivity index (χ3v) is 2.53. The number of nitrogens with zero attached hydrogens (tertiary/aromatic N) is 4. The highest BCUT2D eigenvalue weighted by Gasteiger charge is 2.06. The Kier molecular flexibility index (Phi) is 4.66. The predicted octanol–water partition coefficient (Wildman–Crippen LogP) is 1.07. The Morgan fingerprint density at radius 3 is 2.78 bits per heavy atom. The van der Waals surface area contributed by atoms with Crippen LogP contribution in [-0.2, 0) is 0 Å². The quantitative estimate of drug-likeness (QED) is 0.715. The highest BCUT2D eigenvalue weighted by molar-refractivity contribution is 5.38. The van der Waals surface area contributed by atoms with E-state index in [-0.39, 0.29) is 0 Å². The van der Waals surface area contributed by atoms with Gasteiger partial charge in [0.25, 0.3) is 0 Å². The molecule has 0 fully saturated rings. The summed E-state index contributed by atoms with van der Waals surface area (Å²) in [6.07, 6.45) is 1.04. The normalized spacial score (nSPS) is 10.5. The van der Waals surface area contributed by atoms with Crippen molar-refractivity contribution in [2.75, 3.05) is 25.0 Å². The second kappa shape index (κ2) is 6.70. The summed E-state index contributed by atoms with van der Waals surface area (Å²) in [5.74, 6) is 0.678. The minimum atomic E-state index is 0.678. The molecular formula is C12H18N6. The van der Waals surface area contributed by atoms with Gasteiger partial charge in [0.15, 0.2) is 0 Å². The van der Waals surface area contributed by atoms with E-state index >= 15 is 0 Å². The first-order valence-electron chi connectivity index (χ1n) is 6.20. The summed E-state index contributed by atoms with van der Waals surface area (Å²) in [6, 6.07) is 9.84. The molecule has 0 bridgehead atoms. The van der Waals surface area contributed by atoms with Crippen LogP contribution in [-0.4, -0.2) is 39.8 Å². The molecule has 1 aromatic heterocycles. The van der Waals surface area contributed by atoms with Crippen molar-refractivity contribution in [2.45, 2.75) is 13.3 Å². The van der Waals surface area contributed by atoms with Gasteiger partial charge in [0.1, 0.15) is 0 Å². The molecule has 2 N–H and O–H groups in total. The van der Waals surface area contributed by atoms with Crippen molar-refractivity contribution >= 4 is 5.95 Å². The third-order valence-electron chi connectivity index (χ3n) is 2.53. The maximum Gasteiger partial charge on any atom is 0.247 e. The summed E-state index contributed by atoms with van der Waals surface area (Å²) in [6.45, 7) is 4.95. The molecule has 0 unspecified atom stereocenters. The molecule has 6 heteroatoms. The fraction of sp³-hybridized carbons (Fsp3) is 0.417. The first kappa shape index (κ1) is 12.5. The fourth-order valence-electron chi connectivity index (χ4n) is 1.63. The highest BCUT2D eigenvalue weighted by atomic mass is 15.6. The van der Waals surface area contributed by atoms with Gasteiger partial charge in [-0.2, -0.15) is 4.68 Å².